The second kappa shape index (κ2) is 8.50. The van der Waals surface area contributed by atoms with E-state index in [2.05, 4.69) is 39.0 Å². The van der Waals surface area contributed by atoms with E-state index in [4.69, 9.17) is 9.47 Å². The molecule has 0 spiro atoms. The zero-order valence-electron chi connectivity index (χ0n) is 13.2. The maximum Gasteiger partial charge on any atom is 0.189 e. The lowest BCUT2D eigenvalue weighted by Gasteiger charge is -2.23. The Balaban J connectivity index is 2.98. The minimum absolute atomic E-state index is 0.0869. The van der Waals surface area contributed by atoms with Crippen LogP contribution < -0.4 is 0 Å². The van der Waals surface area contributed by atoms with Crippen LogP contribution in [0.1, 0.15) is 34.6 Å². The first-order valence-corrected chi connectivity index (χ1v) is 7.96. The van der Waals surface area contributed by atoms with Crippen LogP contribution in [0.15, 0.2) is 46.2 Å². The Morgan fingerprint density at radius 1 is 1.10 bits per heavy atom. The minimum atomic E-state index is -0.283. The van der Waals surface area contributed by atoms with Gasteiger partial charge in [-0.1, -0.05) is 56.8 Å². The zero-order valence-corrected chi connectivity index (χ0v) is 14.0. The van der Waals surface area contributed by atoms with E-state index in [1.165, 1.54) is 4.90 Å². The van der Waals surface area contributed by atoms with Crippen molar-refractivity contribution in [3.63, 3.8) is 0 Å². The maximum absolute atomic E-state index is 5.75. The molecule has 0 aromatic heterocycles. The molecule has 20 heavy (non-hydrogen) atoms. The average molecular weight is 294 g/mol. The highest BCUT2D eigenvalue weighted by atomic mass is 32.2. The molecule has 0 aliphatic rings. The molecule has 0 fully saturated rings. The molecule has 0 bridgehead atoms. The van der Waals surface area contributed by atoms with Gasteiger partial charge >= 0.3 is 0 Å². The van der Waals surface area contributed by atoms with E-state index < -0.39 is 0 Å². The molecule has 0 N–H and O–H groups in total. The van der Waals surface area contributed by atoms with Crippen molar-refractivity contribution in [3.8, 4) is 0 Å². The van der Waals surface area contributed by atoms with E-state index in [0.29, 0.717) is 13.2 Å². The van der Waals surface area contributed by atoms with Crippen molar-refractivity contribution in [2.45, 2.75) is 45.8 Å². The van der Waals surface area contributed by atoms with Crippen LogP contribution in [0.3, 0.4) is 0 Å². The summed E-state index contributed by atoms with van der Waals surface area (Å²) in [5, 5.41) is 0. The summed E-state index contributed by atoms with van der Waals surface area (Å²) in [7, 11) is 0. The van der Waals surface area contributed by atoms with Gasteiger partial charge in [0, 0.05) is 23.0 Å². The van der Waals surface area contributed by atoms with E-state index >= 15 is 0 Å². The number of hydrogen-bond acceptors (Lipinski definition) is 3. The summed E-state index contributed by atoms with van der Waals surface area (Å²) in [5.74, 6) is 0. The summed E-state index contributed by atoms with van der Waals surface area (Å²) in [5.41, 5.74) is 0.0869. The fourth-order valence-corrected chi connectivity index (χ4v) is 2.92. The molecule has 0 saturated carbocycles. The molecule has 0 aliphatic heterocycles. The predicted octanol–water partition coefficient (Wildman–Crippen LogP) is 5.11. The van der Waals surface area contributed by atoms with Crippen molar-refractivity contribution in [2.24, 2.45) is 5.41 Å². The number of rotatable bonds is 7. The van der Waals surface area contributed by atoms with Gasteiger partial charge in [0.15, 0.2) is 6.29 Å². The molecular weight excluding hydrogens is 268 g/mol. The summed E-state index contributed by atoms with van der Waals surface area (Å²) in [6, 6.07) is 10.3. The molecule has 1 aromatic rings. The number of ether oxygens (including phenoxy) is 2. The molecule has 0 atom stereocenters. The molecule has 0 aliphatic carbocycles. The molecule has 0 unspecified atom stereocenters. The van der Waals surface area contributed by atoms with Crippen LogP contribution in [0.5, 0.6) is 0 Å². The summed E-state index contributed by atoms with van der Waals surface area (Å²) >= 11 is 1.71. The van der Waals surface area contributed by atoms with Crippen molar-refractivity contribution in [1.29, 1.82) is 0 Å². The van der Waals surface area contributed by atoms with Crippen LogP contribution in [0.2, 0.25) is 0 Å². The fraction of sp³-hybridized carbons (Fsp3) is 0.529. The van der Waals surface area contributed by atoms with Crippen molar-refractivity contribution in [3.05, 3.63) is 41.3 Å². The third-order valence-corrected chi connectivity index (χ3v) is 3.48. The first-order valence-electron chi connectivity index (χ1n) is 7.15. The topological polar surface area (TPSA) is 18.5 Å². The lowest BCUT2D eigenvalue weighted by molar-refractivity contribution is -0.106. The molecule has 112 valence electrons. The van der Waals surface area contributed by atoms with Crippen LogP contribution in [0.25, 0.3) is 0 Å². The Morgan fingerprint density at radius 2 is 1.65 bits per heavy atom. The SMILES string of the molecule is CCOC(OCC)/C(=C/C(C)(C)C)Sc1ccccc1. The van der Waals surface area contributed by atoms with Gasteiger partial charge in [-0.25, -0.2) is 0 Å². The lowest BCUT2D eigenvalue weighted by Crippen LogP contribution is -2.20. The largest absolute Gasteiger partial charge is 0.348 e. The van der Waals surface area contributed by atoms with Crippen molar-refractivity contribution >= 4 is 11.8 Å². The van der Waals surface area contributed by atoms with E-state index in [0.717, 1.165) is 4.91 Å². The second-order valence-corrected chi connectivity index (χ2v) is 6.72. The molecule has 3 heteroatoms. The Hall–Kier alpha value is -0.770. The number of thioether (sulfide) groups is 1. The smallest absolute Gasteiger partial charge is 0.189 e. The lowest BCUT2D eigenvalue weighted by atomic mass is 9.96. The van der Waals surface area contributed by atoms with Gasteiger partial charge in [0.05, 0.1) is 0 Å². The van der Waals surface area contributed by atoms with Gasteiger partial charge < -0.3 is 9.47 Å². The van der Waals surface area contributed by atoms with Gasteiger partial charge in [-0.2, -0.15) is 0 Å². The normalized spacial score (nSPS) is 13.0. The molecule has 1 rings (SSSR count). The van der Waals surface area contributed by atoms with Gasteiger partial charge in [-0.3, -0.25) is 0 Å². The summed E-state index contributed by atoms with van der Waals surface area (Å²) in [6.07, 6.45) is 1.95. The quantitative estimate of drug-likeness (QED) is 0.514. The third kappa shape index (κ3) is 6.60. The van der Waals surface area contributed by atoms with E-state index in [-0.39, 0.29) is 11.7 Å². The predicted molar refractivity (Wildman–Crippen MR) is 86.9 cm³/mol. The fourth-order valence-electron chi connectivity index (χ4n) is 1.71. The molecule has 0 heterocycles. The van der Waals surface area contributed by atoms with Crippen molar-refractivity contribution in [2.75, 3.05) is 13.2 Å². The van der Waals surface area contributed by atoms with Gasteiger partial charge in [-0.15, -0.1) is 0 Å². The van der Waals surface area contributed by atoms with Gasteiger partial charge in [0.25, 0.3) is 0 Å². The molecule has 0 saturated heterocycles. The van der Waals surface area contributed by atoms with Crippen LogP contribution in [-0.2, 0) is 9.47 Å². The summed E-state index contributed by atoms with van der Waals surface area (Å²) < 4.78 is 11.5. The van der Waals surface area contributed by atoms with Crippen molar-refractivity contribution in [1.82, 2.24) is 0 Å². The molecule has 2 nitrogen and oxygen atoms in total. The van der Waals surface area contributed by atoms with E-state index in [1.807, 2.05) is 32.0 Å². The van der Waals surface area contributed by atoms with Gasteiger partial charge in [0.2, 0.25) is 0 Å². The van der Waals surface area contributed by atoms with E-state index in [1.54, 1.807) is 11.8 Å². The Kier molecular flexibility index (Phi) is 7.35. The maximum atomic E-state index is 5.75. The Bertz CT molecular complexity index is 401. The second-order valence-electron chi connectivity index (χ2n) is 5.57. The Labute approximate surface area is 127 Å². The number of hydrogen-bond donors (Lipinski definition) is 0. The highest BCUT2D eigenvalue weighted by Crippen LogP contribution is 2.34. The van der Waals surface area contributed by atoms with Crippen LogP contribution in [-0.4, -0.2) is 19.5 Å². The average Bonchev–Trinajstić information content (AvgIpc) is 2.37. The van der Waals surface area contributed by atoms with Crippen molar-refractivity contribution < 1.29 is 9.47 Å². The van der Waals surface area contributed by atoms with E-state index in [9.17, 15) is 0 Å². The van der Waals surface area contributed by atoms with Gasteiger partial charge in [0.1, 0.15) is 0 Å². The standard InChI is InChI=1S/C17H26O2S/c1-6-18-16(19-7-2)15(13-17(3,4)5)20-14-11-9-8-10-12-14/h8-13,16H,6-7H2,1-5H3/b15-13-. The van der Waals surface area contributed by atoms with Crippen LogP contribution >= 0.6 is 11.8 Å². The minimum Gasteiger partial charge on any atom is -0.348 e. The third-order valence-electron chi connectivity index (χ3n) is 2.42. The monoisotopic (exact) mass is 294 g/mol. The highest BCUT2D eigenvalue weighted by molar-refractivity contribution is 8.03. The van der Waals surface area contributed by atoms with Crippen LogP contribution in [0, 0.1) is 5.41 Å². The number of allylic oxidation sites excluding steroid dienone is 1. The first-order chi connectivity index (χ1) is 9.46. The number of benzene rings is 1. The Morgan fingerprint density at radius 3 is 2.10 bits per heavy atom. The first kappa shape index (κ1) is 17.3. The zero-order chi connectivity index (χ0) is 15.0. The van der Waals surface area contributed by atoms with Gasteiger partial charge in [-0.05, 0) is 31.4 Å². The summed E-state index contributed by atoms with van der Waals surface area (Å²) in [6.45, 7) is 11.8. The molecule has 0 radical (unpaired) electrons. The highest BCUT2D eigenvalue weighted by Gasteiger charge is 2.19. The van der Waals surface area contributed by atoms with Crippen LogP contribution in [0.4, 0.5) is 0 Å². The summed E-state index contributed by atoms with van der Waals surface area (Å²) in [4.78, 5) is 2.32. The molecule has 1 aromatic carbocycles. The molecular formula is C17H26O2S. The molecule has 0 amide bonds.